The highest BCUT2D eigenvalue weighted by Crippen LogP contribution is 2.28. The van der Waals surface area contributed by atoms with E-state index < -0.39 is 0 Å². The molecule has 0 amide bonds. The summed E-state index contributed by atoms with van der Waals surface area (Å²) in [6.07, 6.45) is 4.32. The van der Waals surface area contributed by atoms with Gasteiger partial charge in [-0.25, -0.2) is 0 Å². The Kier molecular flexibility index (Phi) is 6.54. The molecule has 0 spiro atoms. The van der Waals surface area contributed by atoms with Crippen LogP contribution in [0.15, 0.2) is 35.5 Å². The average Bonchev–Trinajstić information content (AvgIpc) is 3.10. The molecule has 1 saturated heterocycles. The average molecular weight is 440 g/mol. The Balaban J connectivity index is 0.00000208. The van der Waals surface area contributed by atoms with Crippen LogP contribution in [0.3, 0.4) is 0 Å². The van der Waals surface area contributed by atoms with Crippen molar-refractivity contribution in [2.24, 2.45) is 10.4 Å². The number of guanidine groups is 1. The molecule has 24 heavy (non-hydrogen) atoms. The Hall–Kier alpha value is -1.24. The first-order chi connectivity index (χ1) is 11.1. The molecule has 0 radical (unpaired) electrons. The van der Waals surface area contributed by atoms with Gasteiger partial charge < -0.3 is 15.2 Å². The summed E-state index contributed by atoms with van der Waals surface area (Å²) < 4.78 is 0. The summed E-state index contributed by atoms with van der Waals surface area (Å²) in [6, 6.07) is 8.47. The number of hydrogen-bond donors (Lipinski definition) is 2. The Bertz CT molecular complexity index is 689. The van der Waals surface area contributed by atoms with Crippen LogP contribution in [0.5, 0.6) is 0 Å². The molecule has 1 fully saturated rings. The van der Waals surface area contributed by atoms with Gasteiger partial charge in [-0.2, -0.15) is 0 Å². The SMILES string of the molecule is CCNC(=NCCc1c[nH]c2ccccc12)N1CCC(C)(C)C1.I. The van der Waals surface area contributed by atoms with Crippen LogP contribution < -0.4 is 5.32 Å². The summed E-state index contributed by atoms with van der Waals surface area (Å²) in [6.45, 7) is 10.7. The Morgan fingerprint density at radius 3 is 2.83 bits per heavy atom. The summed E-state index contributed by atoms with van der Waals surface area (Å²) in [7, 11) is 0. The van der Waals surface area contributed by atoms with Crippen molar-refractivity contribution >= 4 is 40.8 Å². The second-order valence-electron chi connectivity index (χ2n) is 7.18. The number of fused-ring (bicyclic) bond motifs is 1. The van der Waals surface area contributed by atoms with Crippen LogP contribution in [0.4, 0.5) is 0 Å². The Morgan fingerprint density at radius 2 is 2.12 bits per heavy atom. The predicted octanol–water partition coefficient (Wildman–Crippen LogP) is 4.03. The highest BCUT2D eigenvalue weighted by Gasteiger charge is 2.30. The van der Waals surface area contributed by atoms with Gasteiger partial charge in [0.25, 0.3) is 0 Å². The van der Waals surface area contributed by atoms with Crippen LogP contribution >= 0.6 is 24.0 Å². The lowest BCUT2D eigenvalue weighted by Crippen LogP contribution is -2.40. The summed E-state index contributed by atoms with van der Waals surface area (Å²) in [5.41, 5.74) is 2.95. The first-order valence-electron chi connectivity index (χ1n) is 8.67. The fourth-order valence-corrected chi connectivity index (χ4v) is 3.34. The maximum Gasteiger partial charge on any atom is 0.193 e. The van der Waals surface area contributed by atoms with E-state index in [0.717, 1.165) is 38.6 Å². The van der Waals surface area contributed by atoms with Gasteiger partial charge in [-0.05, 0) is 36.8 Å². The van der Waals surface area contributed by atoms with Crippen molar-refractivity contribution in [1.29, 1.82) is 0 Å². The second-order valence-corrected chi connectivity index (χ2v) is 7.18. The molecule has 1 aliphatic rings. The number of nitrogens with one attached hydrogen (secondary N) is 2. The number of aromatic nitrogens is 1. The van der Waals surface area contributed by atoms with E-state index in [9.17, 15) is 0 Å². The van der Waals surface area contributed by atoms with Gasteiger partial charge in [-0.15, -0.1) is 24.0 Å². The minimum Gasteiger partial charge on any atom is -0.361 e. The third kappa shape index (κ3) is 4.43. The van der Waals surface area contributed by atoms with Crippen molar-refractivity contribution in [2.75, 3.05) is 26.2 Å². The third-order valence-corrected chi connectivity index (χ3v) is 4.63. The van der Waals surface area contributed by atoms with E-state index in [1.54, 1.807) is 0 Å². The molecule has 4 nitrogen and oxygen atoms in total. The lowest BCUT2D eigenvalue weighted by atomic mass is 9.93. The van der Waals surface area contributed by atoms with Gasteiger partial charge >= 0.3 is 0 Å². The number of rotatable bonds is 4. The minimum absolute atomic E-state index is 0. The number of hydrogen-bond acceptors (Lipinski definition) is 1. The number of H-pyrrole nitrogens is 1. The van der Waals surface area contributed by atoms with E-state index in [1.165, 1.54) is 22.9 Å². The zero-order chi connectivity index (χ0) is 16.3. The number of aliphatic imine (C=N–C) groups is 1. The van der Waals surface area contributed by atoms with Gasteiger partial charge in [0, 0.05) is 43.3 Å². The molecule has 132 valence electrons. The van der Waals surface area contributed by atoms with Gasteiger partial charge in [-0.1, -0.05) is 32.0 Å². The molecule has 0 unspecified atom stereocenters. The van der Waals surface area contributed by atoms with Gasteiger partial charge in [-0.3, -0.25) is 4.99 Å². The first-order valence-corrected chi connectivity index (χ1v) is 8.67. The molecule has 3 rings (SSSR count). The van der Waals surface area contributed by atoms with Crippen molar-refractivity contribution in [2.45, 2.75) is 33.6 Å². The van der Waals surface area contributed by atoms with E-state index in [0.29, 0.717) is 5.41 Å². The van der Waals surface area contributed by atoms with Gasteiger partial charge in [0.15, 0.2) is 5.96 Å². The minimum atomic E-state index is 0. The second kappa shape index (κ2) is 8.23. The number of likely N-dealkylation sites (tertiary alicyclic amines) is 1. The molecule has 1 aromatic heterocycles. The van der Waals surface area contributed by atoms with E-state index in [1.807, 2.05) is 0 Å². The molecule has 0 saturated carbocycles. The highest BCUT2D eigenvalue weighted by molar-refractivity contribution is 14.0. The van der Waals surface area contributed by atoms with Crippen molar-refractivity contribution < 1.29 is 0 Å². The standard InChI is InChI=1S/C19H28N4.HI/c1-4-20-18(23-12-10-19(2,3)14-23)21-11-9-15-13-22-17-8-6-5-7-16(15)17;/h5-8,13,22H,4,9-12,14H2,1-3H3,(H,20,21);1H. The number of aromatic amines is 1. The van der Waals surface area contributed by atoms with E-state index in [-0.39, 0.29) is 24.0 Å². The zero-order valence-corrected chi connectivity index (χ0v) is 17.3. The quantitative estimate of drug-likeness (QED) is 0.429. The molecule has 1 aliphatic heterocycles. The molecular weight excluding hydrogens is 411 g/mol. The fourth-order valence-electron chi connectivity index (χ4n) is 3.34. The third-order valence-electron chi connectivity index (χ3n) is 4.63. The zero-order valence-electron chi connectivity index (χ0n) is 14.9. The molecule has 2 aromatic rings. The summed E-state index contributed by atoms with van der Waals surface area (Å²) in [5.74, 6) is 1.07. The first kappa shape index (κ1) is 19.1. The summed E-state index contributed by atoms with van der Waals surface area (Å²) in [5, 5.41) is 4.76. The molecule has 2 N–H and O–H groups in total. The molecule has 0 bridgehead atoms. The predicted molar refractivity (Wildman–Crippen MR) is 113 cm³/mol. The highest BCUT2D eigenvalue weighted by atomic mass is 127. The van der Waals surface area contributed by atoms with Crippen LogP contribution in [-0.4, -0.2) is 42.0 Å². The summed E-state index contributed by atoms with van der Waals surface area (Å²) in [4.78, 5) is 10.6. The monoisotopic (exact) mass is 440 g/mol. The number of nitrogens with zero attached hydrogens (tertiary/aromatic N) is 2. The van der Waals surface area contributed by atoms with E-state index >= 15 is 0 Å². The number of para-hydroxylation sites is 1. The van der Waals surface area contributed by atoms with E-state index in [2.05, 4.69) is 66.4 Å². The smallest absolute Gasteiger partial charge is 0.193 e. The molecule has 1 aromatic carbocycles. The maximum atomic E-state index is 4.86. The molecule has 0 aliphatic carbocycles. The topological polar surface area (TPSA) is 43.4 Å². The van der Waals surface area contributed by atoms with Gasteiger partial charge in [0.05, 0.1) is 0 Å². The molecule has 5 heteroatoms. The largest absolute Gasteiger partial charge is 0.361 e. The van der Waals surface area contributed by atoms with Gasteiger partial charge in [0.1, 0.15) is 0 Å². The lowest BCUT2D eigenvalue weighted by Gasteiger charge is -2.23. The van der Waals surface area contributed by atoms with Crippen molar-refractivity contribution in [1.82, 2.24) is 15.2 Å². The number of benzene rings is 1. The number of halogens is 1. The van der Waals surface area contributed by atoms with Crippen LogP contribution in [0.25, 0.3) is 10.9 Å². The maximum absolute atomic E-state index is 4.86. The van der Waals surface area contributed by atoms with Crippen molar-refractivity contribution in [3.8, 4) is 0 Å². The van der Waals surface area contributed by atoms with Crippen LogP contribution in [0.2, 0.25) is 0 Å². The molecule has 0 atom stereocenters. The van der Waals surface area contributed by atoms with Crippen LogP contribution in [0, 0.1) is 5.41 Å². The lowest BCUT2D eigenvalue weighted by molar-refractivity contribution is 0.370. The van der Waals surface area contributed by atoms with Crippen molar-refractivity contribution in [3.63, 3.8) is 0 Å². The molecular formula is C19H29IN4. The fraction of sp³-hybridized carbons (Fsp3) is 0.526. The van der Waals surface area contributed by atoms with Crippen molar-refractivity contribution in [3.05, 3.63) is 36.0 Å². The van der Waals surface area contributed by atoms with Crippen LogP contribution in [-0.2, 0) is 6.42 Å². The normalized spacial score (nSPS) is 17.1. The summed E-state index contributed by atoms with van der Waals surface area (Å²) >= 11 is 0. The van der Waals surface area contributed by atoms with Gasteiger partial charge in [0.2, 0.25) is 0 Å². The Morgan fingerprint density at radius 1 is 1.33 bits per heavy atom. The van der Waals surface area contributed by atoms with Crippen LogP contribution in [0.1, 0.15) is 32.8 Å². The molecule has 2 heterocycles. The Labute approximate surface area is 162 Å². The van der Waals surface area contributed by atoms with E-state index in [4.69, 9.17) is 4.99 Å².